The molecule has 0 amide bonds. The Bertz CT molecular complexity index is 288. The molecule has 1 aromatic rings. The quantitative estimate of drug-likeness (QED) is 0.806. The van der Waals surface area contributed by atoms with Crippen molar-refractivity contribution >= 4 is 0 Å². The second-order valence-corrected chi connectivity index (χ2v) is 3.68. The van der Waals surface area contributed by atoms with E-state index >= 15 is 0 Å². The number of rotatable bonds is 5. The predicted molar refractivity (Wildman–Crippen MR) is 61.5 cm³/mol. The first-order valence-electron chi connectivity index (χ1n) is 5.12. The molecule has 0 radical (unpaired) electrons. The summed E-state index contributed by atoms with van der Waals surface area (Å²) in [4.78, 5) is 0. The van der Waals surface area contributed by atoms with E-state index in [0.717, 1.165) is 23.6 Å². The molecule has 0 fully saturated rings. The molecule has 0 saturated heterocycles. The van der Waals surface area contributed by atoms with Gasteiger partial charge in [-0.15, -0.1) is 0 Å². The highest BCUT2D eigenvalue weighted by Crippen LogP contribution is 2.27. The standard InChI is InChI=1S/C12H19NO2/c1-9(2)13-8-10-11(14-3)6-5-7-12(10)15-4/h5-7,9,13H,8H2,1-4H3. The first kappa shape index (κ1) is 11.9. The molecule has 1 rings (SSSR count). The molecule has 1 aromatic carbocycles. The third kappa shape index (κ3) is 3.13. The van der Waals surface area contributed by atoms with Gasteiger partial charge in [-0.25, -0.2) is 0 Å². The summed E-state index contributed by atoms with van der Waals surface area (Å²) in [6.07, 6.45) is 0. The van der Waals surface area contributed by atoms with Crippen molar-refractivity contribution in [1.29, 1.82) is 0 Å². The average Bonchev–Trinajstić information content (AvgIpc) is 2.25. The van der Waals surface area contributed by atoms with Crippen LogP contribution in [0.1, 0.15) is 19.4 Å². The summed E-state index contributed by atoms with van der Waals surface area (Å²) in [7, 11) is 3.35. The SMILES string of the molecule is COc1cccc(OC)c1CNC(C)C. The Hall–Kier alpha value is -1.22. The lowest BCUT2D eigenvalue weighted by Gasteiger charge is -2.15. The van der Waals surface area contributed by atoms with Gasteiger partial charge in [0.05, 0.1) is 14.2 Å². The molecule has 3 nitrogen and oxygen atoms in total. The topological polar surface area (TPSA) is 30.5 Å². The maximum Gasteiger partial charge on any atom is 0.127 e. The molecular formula is C12H19NO2. The molecular weight excluding hydrogens is 190 g/mol. The van der Waals surface area contributed by atoms with E-state index in [1.807, 2.05) is 18.2 Å². The zero-order valence-corrected chi connectivity index (χ0v) is 9.83. The Morgan fingerprint density at radius 2 is 1.67 bits per heavy atom. The summed E-state index contributed by atoms with van der Waals surface area (Å²) in [6.45, 7) is 4.98. The molecule has 3 heteroatoms. The summed E-state index contributed by atoms with van der Waals surface area (Å²) in [5.74, 6) is 1.73. The number of hydrogen-bond donors (Lipinski definition) is 1. The van der Waals surface area contributed by atoms with Gasteiger partial charge in [-0.3, -0.25) is 0 Å². The van der Waals surface area contributed by atoms with Crippen LogP contribution in [-0.2, 0) is 6.54 Å². The van der Waals surface area contributed by atoms with Crippen molar-refractivity contribution in [1.82, 2.24) is 5.32 Å². The Morgan fingerprint density at radius 3 is 2.07 bits per heavy atom. The fraction of sp³-hybridized carbons (Fsp3) is 0.500. The molecule has 0 aliphatic rings. The summed E-state index contributed by atoms with van der Waals surface area (Å²) >= 11 is 0. The molecule has 0 unspecified atom stereocenters. The van der Waals surface area contributed by atoms with Crippen molar-refractivity contribution in [2.24, 2.45) is 0 Å². The van der Waals surface area contributed by atoms with Gasteiger partial charge in [0.25, 0.3) is 0 Å². The van der Waals surface area contributed by atoms with Crippen molar-refractivity contribution in [3.63, 3.8) is 0 Å². The zero-order valence-electron chi connectivity index (χ0n) is 9.83. The molecule has 0 atom stereocenters. The average molecular weight is 209 g/mol. The Labute approximate surface area is 91.4 Å². The third-order valence-corrected chi connectivity index (χ3v) is 2.22. The summed E-state index contributed by atoms with van der Waals surface area (Å²) in [6, 6.07) is 6.26. The van der Waals surface area contributed by atoms with Crippen LogP contribution in [-0.4, -0.2) is 20.3 Å². The van der Waals surface area contributed by atoms with E-state index in [1.54, 1.807) is 14.2 Å². The van der Waals surface area contributed by atoms with Gasteiger partial charge in [0, 0.05) is 18.2 Å². The number of methoxy groups -OCH3 is 2. The van der Waals surface area contributed by atoms with Crippen LogP contribution < -0.4 is 14.8 Å². The third-order valence-electron chi connectivity index (χ3n) is 2.22. The number of benzene rings is 1. The zero-order chi connectivity index (χ0) is 11.3. The van der Waals surface area contributed by atoms with E-state index in [-0.39, 0.29) is 0 Å². The van der Waals surface area contributed by atoms with E-state index in [0.29, 0.717) is 6.04 Å². The Kier molecular flexibility index (Phi) is 4.43. The minimum atomic E-state index is 0.444. The molecule has 0 aliphatic carbocycles. The number of hydrogen-bond acceptors (Lipinski definition) is 3. The van der Waals surface area contributed by atoms with E-state index in [9.17, 15) is 0 Å². The van der Waals surface area contributed by atoms with E-state index in [2.05, 4.69) is 19.2 Å². The van der Waals surface area contributed by atoms with Crippen molar-refractivity contribution in [2.45, 2.75) is 26.4 Å². The van der Waals surface area contributed by atoms with Gasteiger partial charge in [-0.1, -0.05) is 19.9 Å². The molecule has 84 valence electrons. The van der Waals surface area contributed by atoms with Gasteiger partial charge in [0.2, 0.25) is 0 Å². The molecule has 0 heterocycles. The summed E-state index contributed by atoms with van der Waals surface area (Å²) < 4.78 is 10.6. The summed E-state index contributed by atoms with van der Waals surface area (Å²) in [5.41, 5.74) is 1.07. The maximum atomic E-state index is 5.30. The molecule has 0 saturated carbocycles. The van der Waals surface area contributed by atoms with Crippen LogP contribution >= 0.6 is 0 Å². The Morgan fingerprint density at radius 1 is 1.13 bits per heavy atom. The molecule has 0 spiro atoms. The molecule has 15 heavy (non-hydrogen) atoms. The van der Waals surface area contributed by atoms with E-state index < -0.39 is 0 Å². The number of nitrogens with one attached hydrogen (secondary N) is 1. The molecule has 0 aliphatic heterocycles. The monoisotopic (exact) mass is 209 g/mol. The van der Waals surface area contributed by atoms with Crippen molar-refractivity contribution in [3.05, 3.63) is 23.8 Å². The smallest absolute Gasteiger partial charge is 0.127 e. The van der Waals surface area contributed by atoms with Gasteiger partial charge < -0.3 is 14.8 Å². The van der Waals surface area contributed by atoms with Gasteiger partial charge in [-0.05, 0) is 12.1 Å². The van der Waals surface area contributed by atoms with Crippen LogP contribution in [0.25, 0.3) is 0 Å². The van der Waals surface area contributed by atoms with Crippen LogP contribution in [0.4, 0.5) is 0 Å². The van der Waals surface area contributed by atoms with Crippen LogP contribution in [0.3, 0.4) is 0 Å². The van der Waals surface area contributed by atoms with Crippen LogP contribution in [0, 0.1) is 0 Å². The van der Waals surface area contributed by atoms with E-state index in [1.165, 1.54) is 0 Å². The normalized spacial score (nSPS) is 10.5. The van der Waals surface area contributed by atoms with Crippen LogP contribution in [0.2, 0.25) is 0 Å². The van der Waals surface area contributed by atoms with Crippen molar-refractivity contribution in [2.75, 3.05) is 14.2 Å². The molecule has 0 bridgehead atoms. The first-order valence-corrected chi connectivity index (χ1v) is 5.12. The Balaban J connectivity index is 2.89. The van der Waals surface area contributed by atoms with E-state index in [4.69, 9.17) is 9.47 Å². The fourth-order valence-electron chi connectivity index (χ4n) is 1.41. The lowest BCUT2D eigenvalue weighted by molar-refractivity contribution is 0.380. The molecule has 1 N–H and O–H groups in total. The maximum absolute atomic E-state index is 5.30. The van der Waals surface area contributed by atoms with Gasteiger partial charge >= 0.3 is 0 Å². The van der Waals surface area contributed by atoms with Gasteiger partial charge in [0.15, 0.2) is 0 Å². The highest BCUT2D eigenvalue weighted by Gasteiger charge is 2.09. The van der Waals surface area contributed by atoms with Gasteiger partial charge in [-0.2, -0.15) is 0 Å². The van der Waals surface area contributed by atoms with Crippen LogP contribution in [0.15, 0.2) is 18.2 Å². The molecule has 0 aromatic heterocycles. The lowest BCUT2D eigenvalue weighted by Crippen LogP contribution is -2.22. The predicted octanol–water partition coefficient (Wildman–Crippen LogP) is 2.20. The minimum Gasteiger partial charge on any atom is -0.496 e. The second kappa shape index (κ2) is 5.61. The van der Waals surface area contributed by atoms with Gasteiger partial charge in [0.1, 0.15) is 11.5 Å². The second-order valence-electron chi connectivity index (χ2n) is 3.68. The lowest BCUT2D eigenvalue weighted by atomic mass is 10.1. The summed E-state index contributed by atoms with van der Waals surface area (Å²) in [5, 5.41) is 3.35. The van der Waals surface area contributed by atoms with Crippen molar-refractivity contribution in [3.8, 4) is 11.5 Å². The fourth-order valence-corrected chi connectivity index (χ4v) is 1.41. The van der Waals surface area contributed by atoms with Crippen molar-refractivity contribution < 1.29 is 9.47 Å². The number of ether oxygens (including phenoxy) is 2. The highest BCUT2D eigenvalue weighted by atomic mass is 16.5. The minimum absolute atomic E-state index is 0.444. The first-order chi connectivity index (χ1) is 7.19. The highest BCUT2D eigenvalue weighted by molar-refractivity contribution is 5.44. The van der Waals surface area contributed by atoms with Crippen LogP contribution in [0.5, 0.6) is 11.5 Å². The largest absolute Gasteiger partial charge is 0.496 e.